The Morgan fingerprint density at radius 3 is 2.56 bits per heavy atom. The van der Waals surface area contributed by atoms with Crippen LogP contribution in [0.15, 0.2) is 4.99 Å². The second kappa shape index (κ2) is 3.67. The largest absolute Gasteiger partial charge is 0.439 e. The highest BCUT2D eigenvalue weighted by molar-refractivity contribution is 8.15. The van der Waals surface area contributed by atoms with Crippen LogP contribution in [-0.2, 0) is 0 Å². The number of nitrogens with zero attached hydrogens (tertiary/aromatic N) is 3. The molecule has 0 aliphatic carbocycles. The zero-order valence-corrected chi connectivity index (χ0v) is 9.58. The first kappa shape index (κ1) is 11.8. The van der Waals surface area contributed by atoms with Crippen molar-refractivity contribution in [2.24, 2.45) is 4.99 Å². The summed E-state index contributed by atoms with van der Waals surface area (Å²) in [7, 11) is 0. The third-order valence-corrected chi connectivity index (χ3v) is 4.08. The average Bonchev–Trinajstić information content (AvgIpc) is 2.71. The molecule has 0 bridgehead atoms. The molecule has 0 saturated heterocycles. The predicted octanol–water partition coefficient (Wildman–Crippen LogP) is 1.59. The van der Waals surface area contributed by atoms with Crippen LogP contribution in [0.2, 0.25) is 0 Å². The summed E-state index contributed by atoms with van der Waals surface area (Å²) in [5.41, 5.74) is -2.47. The van der Waals surface area contributed by atoms with Crippen molar-refractivity contribution in [2.45, 2.75) is 18.8 Å². The molecule has 1 N–H and O–H groups in total. The molecule has 1 unspecified atom stereocenters. The number of hydrogen-bond acceptors (Lipinski definition) is 6. The summed E-state index contributed by atoms with van der Waals surface area (Å²) in [5.74, 6) is -0.525. The van der Waals surface area contributed by atoms with Gasteiger partial charge in [0.1, 0.15) is 9.92 Å². The smallest absolute Gasteiger partial charge is 0.361 e. The summed E-state index contributed by atoms with van der Waals surface area (Å²) in [6, 6.07) is 0. The van der Waals surface area contributed by atoms with Gasteiger partial charge in [-0.3, -0.25) is 0 Å². The molecule has 0 radical (unpaired) electrons. The minimum atomic E-state index is -4.76. The fraction of sp³-hybridized carbons (Fsp3) is 0.571. The Kier molecular flexibility index (Phi) is 2.71. The van der Waals surface area contributed by atoms with Gasteiger partial charge in [0, 0.05) is 0 Å². The van der Waals surface area contributed by atoms with Gasteiger partial charge in [-0.25, -0.2) is 4.99 Å². The van der Waals surface area contributed by atoms with Gasteiger partial charge in [-0.1, -0.05) is 16.3 Å². The van der Waals surface area contributed by atoms with E-state index in [2.05, 4.69) is 14.6 Å². The third kappa shape index (κ3) is 1.82. The van der Waals surface area contributed by atoms with E-state index >= 15 is 0 Å². The number of thioether (sulfide) groups is 1. The van der Waals surface area contributed by atoms with Crippen LogP contribution in [0.3, 0.4) is 0 Å². The van der Waals surface area contributed by atoms with Crippen molar-refractivity contribution in [3.05, 3.63) is 10.6 Å². The summed E-state index contributed by atoms with van der Waals surface area (Å²) < 4.78 is 41.0. The van der Waals surface area contributed by atoms with E-state index in [0.717, 1.165) is 23.3 Å². The Labute approximate surface area is 96.7 Å². The fourth-order valence-electron chi connectivity index (χ4n) is 1.09. The lowest BCUT2D eigenvalue weighted by Crippen LogP contribution is -2.43. The molecular weight excluding hydrogens is 263 g/mol. The number of halogens is 3. The van der Waals surface area contributed by atoms with Gasteiger partial charge < -0.3 is 5.11 Å². The molecule has 9 heteroatoms. The predicted molar refractivity (Wildman–Crippen MR) is 54.6 cm³/mol. The highest BCUT2D eigenvalue weighted by Crippen LogP contribution is 2.41. The Morgan fingerprint density at radius 1 is 1.44 bits per heavy atom. The maximum absolute atomic E-state index is 12.5. The molecule has 0 saturated carbocycles. The number of aryl methyl sites for hydroxylation is 1. The number of aromatic nitrogens is 2. The zero-order valence-electron chi connectivity index (χ0n) is 7.95. The Morgan fingerprint density at radius 2 is 2.12 bits per heavy atom. The Balaban J connectivity index is 2.35. The summed E-state index contributed by atoms with van der Waals surface area (Å²) in [5, 5.41) is 13.1. The Hall–Kier alpha value is -0.670. The lowest BCUT2D eigenvalue weighted by Gasteiger charge is -2.20. The second-order valence-electron chi connectivity index (χ2n) is 3.21. The van der Waals surface area contributed by atoms with Gasteiger partial charge in [-0.2, -0.15) is 13.2 Å². The van der Waals surface area contributed by atoms with Gasteiger partial charge >= 0.3 is 6.18 Å². The van der Waals surface area contributed by atoms with E-state index in [9.17, 15) is 18.3 Å². The monoisotopic (exact) mass is 269 g/mol. The standard InChI is InChI=1S/C7H6F3N3OS2/c1-3-4(16-13-12-3)5-11-6(14,2-15-5)7(8,9)10/h14H,2H2,1H3. The van der Waals surface area contributed by atoms with E-state index in [1.54, 1.807) is 6.92 Å². The lowest BCUT2D eigenvalue weighted by atomic mass is 10.2. The van der Waals surface area contributed by atoms with Gasteiger partial charge in [0.25, 0.3) is 5.72 Å². The molecule has 4 nitrogen and oxygen atoms in total. The van der Waals surface area contributed by atoms with Crippen molar-refractivity contribution in [3.63, 3.8) is 0 Å². The Bertz CT molecular complexity index is 444. The zero-order chi connectivity index (χ0) is 12.0. The summed E-state index contributed by atoms with van der Waals surface area (Å²) in [4.78, 5) is 3.81. The van der Waals surface area contributed by atoms with E-state index in [1.807, 2.05) is 0 Å². The fourth-order valence-corrected chi connectivity index (χ4v) is 2.98. The van der Waals surface area contributed by atoms with Gasteiger partial charge in [0.15, 0.2) is 0 Å². The quantitative estimate of drug-likeness (QED) is 0.841. The number of alkyl halides is 3. The van der Waals surface area contributed by atoms with Crippen molar-refractivity contribution < 1.29 is 18.3 Å². The molecule has 16 heavy (non-hydrogen) atoms. The molecule has 0 spiro atoms. The molecule has 1 atom stereocenters. The van der Waals surface area contributed by atoms with Crippen LogP contribution in [0.25, 0.3) is 0 Å². The van der Waals surface area contributed by atoms with Crippen molar-refractivity contribution in [1.29, 1.82) is 0 Å². The van der Waals surface area contributed by atoms with Crippen molar-refractivity contribution >= 4 is 28.3 Å². The first-order valence-electron chi connectivity index (χ1n) is 4.14. The van der Waals surface area contributed by atoms with E-state index in [4.69, 9.17) is 0 Å². The maximum atomic E-state index is 12.5. The molecule has 1 aliphatic heterocycles. The van der Waals surface area contributed by atoms with Gasteiger partial charge in [0.05, 0.1) is 11.4 Å². The second-order valence-corrected chi connectivity index (χ2v) is 4.93. The van der Waals surface area contributed by atoms with Crippen LogP contribution in [-0.4, -0.2) is 37.4 Å². The lowest BCUT2D eigenvalue weighted by molar-refractivity contribution is -0.245. The molecule has 2 rings (SSSR count). The van der Waals surface area contributed by atoms with Gasteiger partial charge in [-0.15, -0.1) is 5.10 Å². The maximum Gasteiger partial charge on any atom is 0.439 e. The molecule has 0 amide bonds. The summed E-state index contributed by atoms with van der Waals surface area (Å²) in [6.07, 6.45) is -4.76. The first-order valence-corrected chi connectivity index (χ1v) is 5.90. The van der Waals surface area contributed by atoms with Crippen LogP contribution in [0, 0.1) is 6.92 Å². The normalized spacial score (nSPS) is 25.9. The molecule has 1 aromatic rings. The minimum Gasteiger partial charge on any atom is -0.361 e. The van der Waals surface area contributed by atoms with Gasteiger partial charge in [0.2, 0.25) is 0 Å². The van der Waals surface area contributed by atoms with Crippen molar-refractivity contribution in [1.82, 2.24) is 9.59 Å². The number of hydrogen-bond donors (Lipinski definition) is 1. The van der Waals surface area contributed by atoms with E-state index in [-0.39, 0.29) is 5.04 Å². The third-order valence-electron chi connectivity index (χ3n) is 2.00. The average molecular weight is 269 g/mol. The van der Waals surface area contributed by atoms with Crippen LogP contribution >= 0.6 is 23.3 Å². The van der Waals surface area contributed by atoms with E-state index in [0.29, 0.717) is 10.6 Å². The first-order chi connectivity index (χ1) is 7.33. The topological polar surface area (TPSA) is 58.4 Å². The van der Waals surface area contributed by atoms with E-state index < -0.39 is 17.7 Å². The molecule has 88 valence electrons. The molecule has 2 heterocycles. The SMILES string of the molecule is Cc1nnsc1C1=NC(O)(C(F)(F)F)CS1. The van der Waals surface area contributed by atoms with Crippen LogP contribution in [0.5, 0.6) is 0 Å². The van der Waals surface area contributed by atoms with Crippen LogP contribution in [0.1, 0.15) is 10.6 Å². The molecular formula is C7H6F3N3OS2. The summed E-state index contributed by atoms with van der Waals surface area (Å²) in [6.45, 7) is 1.63. The summed E-state index contributed by atoms with van der Waals surface area (Å²) >= 11 is 1.83. The highest BCUT2D eigenvalue weighted by atomic mass is 32.2. The highest BCUT2D eigenvalue weighted by Gasteiger charge is 2.57. The molecule has 0 fully saturated rings. The minimum absolute atomic E-state index is 0.146. The number of aliphatic imine (C=N–C) groups is 1. The number of rotatable bonds is 1. The van der Waals surface area contributed by atoms with Crippen molar-refractivity contribution in [3.8, 4) is 0 Å². The molecule has 0 aromatic carbocycles. The van der Waals surface area contributed by atoms with E-state index in [1.165, 1.54) is 0 Å². The van der Waals surface area contributed by atoms with Crippen LogP contribution in [0.4, 0.5) is 13.2 Å². The molecule has 1 aliphatic rings. The van der Waals surface area contributed by atoms with Gasteiger partial charge in [-0.05, 0) is 18.5 Å². The van der Waals surface area contributed by atoms with Crippen molar-refractivity contribution in [2.75, 3.05) is 5.75 Å². The molecule has 1 aromatic heterocycles. The number of aliphatic hydroxyl groups is 1. The van der Waals surface area contributed by atoms with Crippen LogP contribution < -0.4 is 0 Å².